The molecule has 2 nitrogen and oxygen atoms in total. The maximum atomic E-state index is 13.3. The lowest BCUT2D eigenvalue weighted by Gasteiger charge is -2.19. The number of esters is 1. The molecule has 1 aromatic rings. The molecule has 0 radical (unpaired) electrons. The van der Waals surface area contributed by atoms with Crippen LogP contribution in [0.3, 0.4) is 0 Å². The number of allylic oxidation sites excluding steroid dienone is 1. The third kappa shape index (κ3) is 3.44. The van der Waals surface area contributed by atoms with Gasteiger partial charge in [0.25, 0.3) is 0 Å². The van der Waals surface area contributed by atoms with Crippen molar-refractivity contribution in [3.8, 4) is 0 Å². The monoisotopic (exact) mass is 280 g/mol. The SMILES string of the molecule is COC(=O)C(=CC1CCCCC1)c1ccc(F)c(F)c1. The van der Waals surface area contributed by atoms with Gasteiger partial charge in [-0.05, 0) is 36.5 Å². The highest BCUT2D eigenvalue weighted by atomic mass is 19.2. The Hall–Kier alpha value is -1.71. The average Bonchev–Trinajstić information content (AvgIpc) is 2.48. The summed E-state index contributed by atoms with van der Waals surface area (Å²) in [6, 6.07) is 3.48. The maximum absolute atomic E-state index is 13.3. The third-order valence-corrected chi connectivity index (χ3v) is 3.69. The van der Waals surface area contributed by atoms with Crippen molar-refractivity contribution in [1.29, 1.82) is 0 Å². The van der Waals surface area contributed by atoms with E-state index in [9.17, 15) is 13.6 Å². The van der Waals surface area contributed by atoms with Crippen molar-refractivity contribution in [2.45, 2.75) is 32.1 Å². The van der Waals surface area contributed by atoms with Crippen molar-refractivity contribution in [3.63, 3.8) is 0 Å². The quantitative estimate of drug-likeness (QED) is 0.615. The molecule has 1 aliphatic carbocycles. The molecule has 0 spiro atoms. The summed E-state index contributed by atoms with van der Waals surface area (Å²) in [7, 11) is 1.29. The van der Waals surface area contributed by atoms with E-state index in [1.54, 1.807) is 0 Å². The zero-order valence-corrected chi connectivity index (χ0v) is 11.5. The van der Waals surface area contributed by atoms with E-state index in [4.69, 9.17) is 4.74 Å². The van der Waals surface area contributed by atoms with Gasteiger partial charge in [-0.1, -0.05) is 31.4 Å². The Morgan fingerprint density at radius 2 is 1.90 bits per heavy atom. The van der Waals surface area contributed by atoms with Crippen LogP contribution in [0.1, 0.15) is 37.7 Å². The molecule has 4 heteroatoms. The molecule has 20 heavy (non-hydrogen) atoms. The fourth-order valence-electron chi connectivity index (χ4n) is 2.59. The second-order valence-electron chi connectivity index (χ2n) is 5.10. The summed E-state index contributed by atoms with van der Waals surface area (Å²) in [4.78, 5) is 11.9. The van der Waals surface area contributed by atoms with Crippen LogP contribution in [0, 0.1) is 17.6 Å². The number of hydrogen-bond donors (Lipinski definition) is 0. The topological polar surface area (TPSA) is 26.3 Å². The van der Waals surface area contributed by atoms with E-state index < -0.39 is 17.6 Å². The fraction of sp³-hybridized carbons (Fsp3) is 0.438. The van der Waals surface area contributed by atoms with Crippen LogP contribution >= 0.6 is 0 Å². The molecule has 0 bridgehead atoms. The van der Waals surface area contributed by atoms with E-state index >= 15 is 0 Å². The lowest BCUT2D eigenvalue weighted by atomic mass is 9.87. The summed E-state index contributed by atoms with van der Waals surface area (Å²) in [5.41, 5.74) is 0.680. The first kappa shape index (κ1) is 14.7. The number of carbonyl (C=O) groups is 1. The molecule has 0 unspecified atom stereocenters. The zero-order chi connectivity index (χ0) is 14.5. The normalized spacial score (nSPS) is 17.1. The molecule has 0 atom stereocenters. The third-order valence-electron chi connectivity index (χ3n) is 3.69. The molecule has 0 heterocycles. The molecule has 1 aliphatic rings. The Morgan fingerprint density at radius 3 is 2.50 bits per heavy atom. The first-order valence-electron chi connectivity index (χ1n) is 6.87. The molecular formula is C16H18F2O2. The molecule has 0 aliphatic heterocycles. The number of carbonyl (C=O) groups excluding carboxylic acids is 1. The molecule has 108 valence electrons. The van der Waals surface area contributed by atoms with E-state index in [1.807, 2.05) is 6.08 Å². The molecule has 0 aromatic heterocycles. The second-order valence-corrected chi connectivity index (χ2v) is 5.10. The van der Waals surface area contributed by atoms with Gasteiger partial charge >= 0.3 is 5.97 Å². The summed E-state index contributed by atoms with van der Waals surface area (Å²) in [5, 5.41) is 0. The number of hydrogen-bond acceptors (Lipinski definition) is 2. The molecule has 1 aromatic carbocycles. The Kier molecular flexibility index (Phi) is 4.88. The van der Waals surface area contributed by atoms with Crippen molar-refractivity contribution < 1.29 is 18.3 Å². The minimum absolute atomic E-state index is 0.297. The average molecular weight is 280 g/mol. The van der Waals surface area contributed by atoms with Crippen LogP contribution in [0.2, 0.25) is 0 Å². The van der Waals surface area contributed by atoms with Crippen molar-refractivity contribution >= 4 is 11.5 Å². The van der Waals surface area contributed by atoms with Crippen molar-refractivity contribution in [2.24, 2.45) is 5.92 Å². The Labute approximate surface area is 117 Å². The minimum atomic E-state index is -0.957. The van der Waals surface area contributed by atoms with Crippen LogP contribution in [-0.4, -0.2) is 13.1 Å². The lowest BCUT2D eigenvalue weighted by molar-refractivity contribution is -0.133. The van der Waals surface area contributed by atoms with Gasteiger partial charge in [0.1, 0.15) is 0 Å². The Bertz CT molecular complexity index is 517. The molecule has 0 N–H and O–H groups in total. The van der Waals surface area contributed by atoms with Crippen LogP contribution < -0.4 is 0 Å². The summed E-state index contributed by atoms with van der Waals surface area (Å²) in [6.45, 7) is 0. The number of rotatable bonds is 3. The molecule has 1 fully saturated rings. The van der Waals surface area contributed by atoms with Gasteiger partial charge in [-0.3, -0.25) is 0 Å². The van der Waals surface area contributed by atoms with Gasteiger partial charge in [-0.25, -0.2) is 13.6 Å². The van der Waals surface area contributed by atoms with Gasteiger partial charge < -0.3 is 4.74 Å². The molecule has 0 amide bonds. The lowest BCUT2D eigenvalue weighted by Crippen LogP contribution is -2.09. The zero-order valence-electron chi connectivity index (χ0n) is 11.5. The van der Waals surface area contributed by atoms with Crippen LogP contribution in [-0.2, 0) is 9.53 Å². The highest BCUT2D eigenvalue weighted by Gasteiger charge is 2.18. The number of benzene rings is 1. The molecular weight excluding hydrogens is 262 g/mol. The second kappa shape index (κ2) is 6.64. The number of halogens is 2. The maximum Gasteiger partial charge on any atom is 0.338 e. The van der Waals surface area contributed by atoms with Crippen molar-refractivity contribution in [3.05, 3.63) is 41.5 Å². The number of ether oxygens (including phenoxy) is 1. The Morgan fingerprint density at radius 1 is 1.20 bits per heavy atom. The number of methoxy groups -OCH3 is 1. The highest BCUT2D eigenvalue weighted by Crippen LogP contribution is 2.29. The van der Waals surface area contributed by atoms with E-state index in [-0.39, 0.29) is 0 Å². The van der Waals surface area contributed by atoms with Crippen LogP contribution in [0.4, 0.5) is 8.78 Å². The summed E-state index contributed by atoms with van der Waals surface area (Å²) >= 11 is 0. The minimum Gasteiger partial charge on any atom is -0.465 e. The van der Waals surface area contributed by atoms with Crippen molar-refractivity contribution in [2.75, 3.05) is 7.11 Å². The van der Waals surface area contributed by atoms with E-state index in [1.165, 1.54) is 19.6 Å². The van der Waals surface area contributed by atoms with Crippen molar-refractivity contribution in [1.82, 2.24) is 0 Å². The molecule has 2 rings (SSSR count). The first-order valence-corrected chi connectivity index (χ1v) is 6.87. The highest BCUT2D eigenvalue weighted by molar-refractivity contribution is 6.16. The van der Waals surface area contributed by atoms with Gasteiger partial charge in [0, 0.05) is 0 Å². The van der Waals surface area contributed by atoms with Gasteiger partial charge in [-0.2, -0.15) is 0 Å². The Balaban J connectivity index is 2.33. The van der Waals surface area contributed by atoms with E-state index in [0.717, 1.165) is 37.8 Å². The van der Waals surface area contributed by atoms with Crippen LogP contribution in [0.15, 0.2) is 24.3 Å². The fourth-order valence-corrected chi connectivity index (χ4v) is 2.59. The van der Waals surface area contributed by atoms with Crippen LogP contribution in [0.5, 0.6) is 0 Å². The van der Waals surface area contributed by atoms with Gasteiger partial charge in [0.05, 0.1) is 12.7 Å². The standard InChI is InChI=1S/C16H18F2O2/c1-20-16(19)13(9-11-5-3-2-4-6-11)12-7-8-14(17)15(18)10-12/h7-11H,2-6H2,1H3. The van der Waals surface area contributed by atoms with Gasteiger partial charge in [0.15, 0.2) is 11.6 Å². The van der Waals surface area contributed by atoms with Gasteiger partial charge in [-0.15, -0.1) is 0 Å². The summed E-state index contributed by atoms with van der Waals surface area (Å²) in [5.74, 6) is -2.09. The molecule has 1 saturated carbocycles. The summed E-state index contributed by atoms with van der Waals surface area (Å²) < 4.78 is 31.1. The van der Waals surface area contributed by atoms with E-state index in [0.29, 0.717) is 17.1 Å². The predicted molar refractivity (Wildman–Crippen MR) is 72.9 cm³/mol. The summed E-state index contributed by atoms with van der Waals surface area (Å²) in [6.07, 6.45) is 7.36. The van der Waals surface area contributed by atoms with Gasteiger partial charge in [0.2, 0.25) is 0 Å². The van der Waals surface area contributed by atoms with E-state index in [2.05, 4.69) is 0 Å². The smallest absolute Gasteiger partial charge is 0.338 e. The first-order chi connectivity index (χ1) is 9.61. The largest absolute Gasteiger partial charge is 0.465 e. The predicted octanol–water partition coefficient (Wildman–Crippen LogP) is 4.10. The van der Waals surface area contributed by atoms with Crippen LogP contribution in [0.25, 0.3) is 5.57 Å². The molecule has 0 saturated heterocycles.